The monoisotopic (exact) mass is 613 g/mol. The number of carbonyl (C=O) groups is 3. The van der Waals surface area contributed by atoms with Gasteiger partial charge in [0.1, 0.15) is 0 Å². The second-order valence-corrected chi connectivity index (χ2v) is 13.2. The predicted octanol–water partition coefficient (Wildman–Crippen LogP) is 11.4. The van der Waals surface area contributed by atoms with Crippen molar-refractivity contribution in [1.29, 1.82) is 0 Å². The lowest BCUT2D eigenvalue weighted by molar-refractivity contribution is -0.152. The van der Waals surface area contributed by atoms with Crippen molar-refractivity contribution in [3.63, 3.8) is 0 Å². The van der Waals surface area contributed by atoms with Gasteiger partial charge in [-0.25, -0.2) is 0 Å². The summed E-state index contributed by atoms with van der Waals surface area (Å²) in [6.07, 6.45) is 29.7. The van der Waals surface area contributed by atoms with E-state index in [1.807, 2.05) is 13.8 Å². The first kappa shape index (κ1) is 43.5. The minimum Gasteiger partial charge on any atom is -0.481 e. The van der Waals surface area contributed by atoms with E-state index >= 15 is 0 Å². The van der Waals surface area contributed by atoms with Gasteiger partial charge in [-0.1, -0.05) is 163 Å². The molecule has 0 fully saturated rings. The Hall–Kier alpha value is -1.59. The van der Waals surface area contributed by atoms with Crippen LogP contribution in [0, 0.1) is 5.41 Å². The first-order chi connectivity index (χ1) is 20.7. The summed E-state index contributed by atoms with van der Waals surface area (Å²) in [5.74, 6) is -0.958. The quantitative estimate of drug-likeness (QED) is 0.0641. The molecule has 1 N–H and O–H groups in total. The molecule has 0 aliphatic carbocycles. The van der Waals surface area contributed by atoms with Crippen molar-refractivity contribution in [2.75, 3.05) is 13.2 Å². The topological polar surface area (TPSA) is 89.9 Å². The van der Waals surface area contributed by atoms with Crippen LogP contribution in [0.1, 0.15) is 202 Å². The fourth-order valence-corrected chi connectivity index (χ4v) is 4.78. The Morgan fingerprint density at radius 2 is 0.698 bits per heavy atom. The highest BCUT2D eigenvalue weighted by molar-refractivity contribution is 5.69. The largest absolute Gasteiger partial charge is 0.481 e. The molecule has 43 heavy (non-hydrogen) atoms. The number of hydrogen-bond acceptors (Lipinski definition) is 5. The molecule has 0 unspecified atom stereocenters. The third kappa shape index (κ3) is 38.4. The van der Waals surface area contributed by atoms with Crippen molar-refractivity contribution >= 4 is 17.9 Å². The van der Waals surface area contributed by atoms with Gasteiger partial charge in [0.15, 0.2) is 0 Å². The van der Waals surface area contributed by atoms with E-state index in [1.165, 1.54) is 83.5 Å². The van der Waals surface area contributed by atoms with Gasteiger partial charge < -0.3 is 14.6 Å². The van der Waals surface area contributed by atoms with Crippen molar-refractivity contribution in [2.45, 2.75) is 202 Å². The van der Waals surface area contributed by atoms with Crippen LogP contribution in [0.4, 0.5) is 0 Å². The van der Waals surface area contributed by atoms with Crippen molar-refractivity contribution in [3.8, 4) is 0 Å². The summed E-state index contributed by atoms with van der Waals surface area (Å²) in [6.45, 7) is 11.0. The fourth-order valence-electron chi connectivity index (χ4n) is 4.78. The number of ether oxygens (including phenoxy) is 2. The van der Waals surface area contributed by atoms with Crippen LogP contribution in [-0.4, -0.2) is 36.2 Å². The Morgan fingerprint density at radius 1 is 0.442 bits per heavy atom. The summed E-state index contributed by atoms with van der Waals surface area (Å²) in [5.41, 5.74) is -0.335. The third-order valence-corrected chi connectivity index (χ3v) is 7.71. The van der Waals surface area contributed by atoms with Crippen LogP contribution in [0.2, 0.25) is 0 Å². The zero-order valence-electron chi connectivity index (χ0n) is 29.3. The zero-order valence-corrected chi connectivity index (χ0v) is 29.3. The molecule has 0 saturated heterocycles. The Labute approximate surface area is 266 Å². The maximum absolute atomic E-state index is 11.7. The van der Waals surface area contributed by atoms with Crippen LogP contribution in [0.3, 0.4) is 0 Å². The molecule has 256 valence electrons. The van der Waals surface area contributed by atoms with Gasteiger partial charge in [0, 0.05) is 24.7 Å². The van der Waals surface area contributed by atoms with Crippen LogP contribution in [0.25, 0.3) is 0 Å². The number of carboxylic acid groups (broad SMARTS) is 1. The zero-order chi connectivity index (χ0) is 32.4. The van der Waals surface area contributed by atoms with Crippen LogP contribution in [0.15, 0.2) is 0 Å². The van der Waals surface area contributed by atoms with E-state index in [1.54, 1.807) is 0 Å². The standard InChI is InChI=1S/C19H36O4.C18H36O2/c1-5-7-9-11-13-17(20)22-15-19(3,4)16-23-18(21)14-12-10-8-6-2;1-2-3-4-5-6-7-8-9-10-11-12-13-14-15-16-17-18(19)20/h5-16H2,1-4H3;2-17H2,1H3,(H,19,20). The lowest BCUT2D eigenvalue weighted by Gasteiger charge is -2.23. The highest BCUT2D eigenvalue weighted by Crippen LogP contribution is 2.18. The third-order valence-electron chi connectivity index (χ3n) is 7.71. The summed E-state index contributed by atoms with van der Waals surface area (Å²) >= 11 is 0. The average molecular weight is 613 g/mol. The fraction of sp³-hybridized carbons (Fsp3) is 0.919. The number of aliphatic carboxylic acids is 1. The number of carbonyl (C=O) groups excluding carboxylic acids is 2. The lowest BCUT2D eigenvalue weighted by Crippen LogP contribution is -2.28. The minimum absolute atomic E-state index is 0.153. The van der Waals surface area contributed by atoms with Crippen LogP contribution >= 0.6 is 0 Å². The predicted molar refractivity (Wildman–Crippen MR) is 180 cm³/mol. The Kier molecular flexibility index (Phi) is 33.7. The molecule has 0 rings (SSSR count). The maximum atomic E-state index is 11.7. The Morgan fingerprint density at radius 3 is 1.00 bits per heavy atom. The van der Waals surface area contributed by atoms with E-state index in [9.17, 15) is 14.4 Å². The van der Waals surface area contributed by atoms with Crippen molar-refractivity contribution < 1.29 is 29.0 Å². The number of hydrogen-bond donors (Lipinski definition) is 1. The second kappa shape index (κ2) is 33.3. The van der Waals surface area contributed by atoms with Crippen molar-refractivity contribution in [2.24, 2.45) is 5.41 Å². The Balaban J connectivity index is 0. The van der Waals surface area contributed by atoms with E-state index in [0.29, 0.717) is 32.5 Å². The normalized spacial score (nSPS) is 11.1. The molecule has 6 nitrogen and oxygen atoms in total. The van der Waals surface area contributed by atoms with Crippen LogP contribution in [-0.2, 0) is 23.9 Å². The molecular weight excluding hydrogens is 540 g/mol. The van der Waals surface area contributed by atoms with Gasteiger partial charge in [-0.15, -0.1) is 0 Å². The minimum atomic E-state index is -0.653. The van der Waals surface area contributed by atoms with Crippen LogP contribution in [0.5, 0.6) is 0 Å². The number of unbranched alkanes of at least 4 members (excludes halogenated alkanes) is 20. The van der Waals surface area contributed by atoms with E-state index in [0.717, 1.165) is 64.2 Å². The van der Waals surface area contributed by atoms with Gasteiger partial charge in [-0.3, -0.25) is 14.4 Å². The number of carboxylic acids is 1. The molecule has 0 saturated carbocycles. The smallest absolute Gasteiger partial charge is 0.305 e. The first-order valence-electron chi connectivity index (χ1n) is 18.2. The van der Waals surface area contributed by atoms with Gasteiger partial charge >= 0.3 is 17.9 Å². The van der Waals surface area contributed by atoms with E-state index in [-0.39, 0.29) is 17.4 Å². The molecule has 0 spiro atoms. The second-order valence-electron chi connectivity index (χ2n) is 13.2. The molecule has 0 atom stereocenters. The molecule has 0 radical (unpaired) electrons. The highest BCUT2D eigenvalue weighted by atomic mass is 16.5. The van der Waals surface area contributed by atoms with E-state index < -0.39 is 5.97 Å². The SMILES string of the molecule is CCCCCCC(=O)OCC(C)(C)COC(=O)CCCCCC.CCCCCCCCCCCCCCCCCC(=O)O. The van der Waals surface area contributed by atoms with Crippen molar-refractivity contribution in [1.82, 2.24) is 0 Å². The maximum Gasteiger partial charge on any atom is 0.305 e. The van der Waals surface area contributed by atoms with Crippen LogP contribution < -0.4 is 0 Å². The highest BCUT2D eigenvalue weighted by Gasteiger charge is 2.22. The summed E-state index contributed by atoms with van der Waals surface area (Å²) in [4.78, 5) is 33.7. The average Bonchev–Trinajstić information content (AvgIpc) is 2.98. The number of rotatable bonds is 30. The molecule has 0 bridgehead atoms. The van der Waals surface area contributed by atoms with Gasteiger partial charge in [-0.05, 0) is 19.3 Å². The molecule has 0 amide bonds. The summed E-state index contributed by atoms with van der Waals surface area (Å²) in [6, 6.07) is 0. The van der Waals surface area contributed by atoms with Gasteiger partial charge in [0.25, 0.3) is 0 Å². The first-order valence-corrected chi connectivity index (χ1v) is 18.2. The molecule has 0 heterocycles. The van der Waals surface area contributed by atoms with E-state index in [2.05, 4.69) is 20.8 Å². The lowest BCUT2D eigenvalue weighted by atomic mass is 9.96. The molecule has 0 aromatic heterocycles. The molecule has 0 aliphatic heterocycles. The van der Waals surface area contributed by atoms with E-state index in [4.69, 9.17) is 14.6 Å². The van der Waals surface area contributed by atoms with Gasteiger partial charge in [0.05, 0.1) is 13.2 Å². The molecule has 0 aromatic carbocycles. The number of esters is 2. The summed E-state index contributed by atoms with van der Waals surface area (Å²) < 4.78 is 10.6. The molecular formula is C37H72O6. The van der Waals surface area contributed by atoms with Crippen molar-refractivity contribution in [3.05, 3.63) is 0 Å². The molecule has 0 aromatic rings. The Bertz CT molecular complexity index is 601. The molecule has 6 heteroatoms. The summed E-state index contributed by atoms with van der Waals surface area (Å²) in [5, 5.41) is 8.52. The van der Waals surface area contributed by atoms with Gasteiger partial charge in [0.2, 0.25) is 0 Å². The van der Waals surface area contributed by atoms with Gasteiger partial charge in [-0.2, -0.15) is 0 Å². The summed E-state index contributed by atoms with van der Waals surface area (Å²) in [7, 11) is 0. The molecule has 0 aliphatic rings.